The van der Waals surface area contributed by atoms with Gasteiger partial charge < -0.3 is 0 Å². The highest BCUT2D eigenvalue weighted by atomic mass is 79.9. The van der Waals surface area contributed by atoms with E-state index in [4.69, 9.17) is 0 Å². The highest BCUT2D eigenvalue weighted by Crippen LogP contribution is 2.29. The molecule has 0 aliphatic carbocycles. The molecule has 0 aromatic heterocycles. The number of halogens is 2. The lowest BCUT2D eigenvalue weighted by Crippen LogP contribution is -2.65. The Hall–Kier alpha value is -1.32. The minimum atomic E-state index is -4.33. The van der Waals surface area contributed by atoms with Crippen LogP contribution in [-0.2, 0) is 19.6 Å². The minimum absolute atomic E-state index is 0.380. The molecular formula is C12H12BrFN2O4S. The molecule has 0 atom stereocenters. The summed E-state index contributed by atoms with van der Waals surface area (Å²) in [5.41, 5.74) is -1.49. The van der Waals surface area contributed by atoms with E-state index in [1.165, 1.54) is 19.9 Å². The molecule has 1 aromatic rings. The van der Waals surface area contributed by atoms with Gasteiger partial charge in [0.05, 0.1) is 6.54 Å². The summed E-state index contributed by atoms with van der Waals surface area (Å²) in [7, 11) is -4.33. The Labute approximate surface area is 129 Å². The van der Waals surface area contributed by atoms with Crippen molar-refractivity contribution < 1.29 is 22.4 Å². The Morgan fingerprint density at radius 2 is 1.95 bits per heavy atom. The number of hydrogen-bond acceptors (Lipinski definition) is 4. The van der Waals surface area contributed by atoms with E-state index in [2.05, 4.69) is 21.2 Å². The largest absolute Gasteiger partial charge is 0.294 e. The quantitative estimate of drug-likeness (QED) is 0.778. The van der Waals surface area contributed by atoms with Crippen molar-refractivity contribution in [3.63, 3.8) is 0 Å². The standard InChI is InChI=1S/C12H12BrFN2O4S/c1-12(2)11(18)15-10(17)6-16(12)21(19,20)9-4-3-7(13)5-8(9)14/h3-5H,6H2,1-2H3,(H,15,17,18). The molecule has 1 heterocycles. The molecule has 114 valence electrons. The van der Waals surface area contributed by atoms with Crippen LogP contribution in [0, 0.1) is 5.82 Å². The lowest BCUT2D eigenvalue weighted by molar-refractivity contribution is -0.141. The fourth-order valence-corrected chi connectivity index (χ4v) is 4.04. The molecule has 1 fully saturated rings. The molecule has 0 spiro atoms. The summed E-state index contributed by atoms with van der Waals surface area (Å²) < 4.78 is 40.1. The van der Waals surface area contributed by atoms with Gasteiger partial charge in [0, 0.05) is 4.47 Å². The molecule has 1 saturated heterocycles. The molecule has 0 unspecified atom stereocenters. The van der Waals surface area contributed by atoms with Gasteiger partial charge in [0.25, 0.3) is 0 Å². The zero-order chi connectivity index (χ0) is 16.0. The van der Waals surface area contributed by atoms with Gasteiger partial charge >= 0.3 is 0 Å². The molecule has 6 nitrogen and oxygen atoms in total. The van der Waals surface area contributed by atoms with Crippen molar-refractivity contribution in [3.8, 4) is 0 Å². The van der Waals surface area contributed by atoms with Crippen molar-refractivity contribution >= 4 is 37.8 Å². The van der Waals surface area contributed by atoms with Crippen LogP contribution in [0.25, 0.3) is 0 Å². The van der Waals surface area contributed by atoms with E-state index < -0.39 is 44.6 Å². The zero-order valence-electron chi connectivity index (χ0n) is 11.2. The minimum Gasteiger partial charge on any atom is -0.294 e. The van der Waals surface area contributed by atoms with Gasteiger partial charge in [0.1, 0.15) is 16.3 Å². The van der Waals surface area contributed by atoms with Gasteiger partial charge in [-0.05, 0) is 32.0 Å². The molecule has 0 saturated carbocycles. The molecule has 1 aromatic carbocycles. The van der Waals surface area contributed by atoms with Gasteiger partial charge in [-0.1, -0.05) is 15.9 Å². The number of amides is 2. The summed E-state index contributed by atoms with van der Waals surface area (Å²) in [4.78, 5) is 22.7. The molecular weight excluding hydrogens is 367 g/mol. The van der Waals surface area contributed by atoms with Gasteiger partial charge in [-0.3, -0.25) is 14.9 Å². The summed E-state index contributed by atoms with van der Waals surface area (Å²) in [5, 5.41) is 2.06. The second-order valence-corrected chi connectivity index (χ2v) is 7.77. The first-order chi connectivity index (χ1) is 9.56. The second-order valence-electron chi connectivity index (χ2n) is 5.02. The molecule has 1 aliphatic rings. The summed E-state index contributed by atoms with van der Waals surface area (Å²) in [6.45, 7) is 2.16. The maximum Gasteiger partial charge on any atom is 0.247 e. The number of nitrogens with one attached hydrogen (secondary N) is 1. The Morgan fingerprint density at radius 3 is 2.52 bits per heavy atom. The van der Waals surface area contributed by atoms with Crippen LogP contribution in [0.2, 0.25) is 0 Å². The van der Waals surface area contributed by atoms with Crippen LogP contribution in [0.3, 0.4) is 0 Å². The number of nitrogens with zero attached hydrogens (tertiary/aromatic N) is 1. The maximum absolute atomic E-state index is 13.9. The first kappa shape index (κ1) is 16.1. The van der Waals surface area contributed by atoms with Gasteiger partial charge in [0.2, 0.25) is 21.8 Å². The molecule has 1 N–H and O–H groups in total. The number of sulfonamides is 1. The summed E-state index contributed by atoms with van der Waals surface area (Å²) in [6, 6.07) is 3.46. The van der Waals surface area contributed by atoms with Crippen LogP contribution in [-0.4, -0.2) is 36.6 Å². The predicted octanol–water partition coefficient (Wildman–Crippen LogP) is 1.01. The van der Waals surface area contributed by atoms with Crippen molar-refractivity contribution in [1.82, 2.24) is 9.62 Å². The SMILES string of the molecule is CC1(C)C(=O)NC(=O)CN1S(=O)(=O)c1ccc(Br)cc1F. The lowest BCUT2D eigenvalue weighted by atomic mass is 10.0. The number of carbonyl (C=O) groups is 2. The maximum atomic E-state index is 13.9. The molecule has 1 aliphatic heterocycles. The monoisotopic (exact) mass is 378 g/mol. The molecule has 2 rings (SSSR count). The van der Waals surface area contributed by atoms with Crippen LogP contribution in [0.15, 0.2) is 27.6 Å². The Morgan fingerprint density at radius 1 is 1.33 bits per heavy atom. The highest BCUT2D eigenvalue weighted by Gasteiger charge is 2.48. The summed E-state index contributed by atoms with van der Waals surface area (Å²) in [6.07, 6.45) is 0. The van der Waals surface area contributed by atoms with E-state index in [0.717, 1.165) is 12.1 Å². The van der Waals surface area contributed by atoms with Crippen molar-refractivity contribution in [2.24, 2.45) is 0 Å². The van der Waals surface area contributed by atoms with E-state index in [0.29, 0.717) is 8.78 Å². The van der Waals surface area contributed by atoms with E-state index in [1.54, 1.807) is 0 Å². The number of rotatable bonds is 2. The number of imide groups is 1. The third-order valence-electron chi connectivity index (χ3n) is 3.18. The van der Waals surface area contributed by atoms with Crippen LogP contribution in [0.4, 0.5) is 4.39 Å². The smallest absolute Gasteiger partial charge is 0.247 e. The molecule has 0 radical (unpaired) electrons. The first-order valence-electron chi connectivity index (χ1n) is 5.89. The van der Waals surface area contributed by atoms with Crippen LogP contribution >= 0.6 is 15.9 Å². The van der Waals surface area contributed by atoms with Crippen LogP contribution < -0.4 is 5.32 Å². The van der Waals surface area contributed by atoms with Crippen molar-refractivity contribution in [2.45, 2.75) is 24.3 Å². The Kier molecular flexibility index (Phi) is 3.94. The average molecular weight is 379 g/mol. The summed E-state index contributed by atoms with van der Waals surface area (Å²) >= 11 is 3.03. The van der Waals surface area contributed by atoms with Crippen molar-refractivity contribution in [2.75, 3.05) is 6.54 Å². The van der Waals surface area contributed by atoms with Crippen LogP contribution in [0.5, 0.6) is 0 Å². The number of benzene rings is 1. The van der Waals surface area contributed by atoms with E-state index >= 15 is 0 Å². The molecule has 21 heavy (non-hydrogen) atoms. The van der Waals surface area contributed by atoms with E-state index in [-0.39, 0.29) is 0 Å². The van der Waals surface area contributed by atoms with E-state index in [1.807, 2.05) is 0 Å². The highest BCUT2D eigenvalue weighted by molar-refractivity contribution is 9.10. The van der Waals surface area contributed by atoms with Gasteiger partial charge in [-0.2, -0.15) is 4.31 Å². The topological polar surface area (TPSA) is 83.6 Å². The second kappa shape index (κ2) is 5.15. The summed E-state index contributed by atoms with van der Waals surface area (Å²) in [5.74, 6) is -2.46. The normalized spacial score (nSPS) is 19.4. The third-order valence-corrected chi connectivity index (χ3v) is 5.73. The predicted molar refractivity (Wildman–Crippen MR) is 75.2 cm³/mol. The van der Waals surface area contributed by atoms with Gasteiger partial charge in [0.15, 0.2) is 0 Å². The third kappa shape index (κ3) is 2.72. The average Bonchev–Trinajstić information content (AvgIpc) is 2.33. The fraction of sp³-hybridized carbons (Fsp3) is 0.333. The van der Waals surface area contributed by atoms with Crippen molar-refractivity contribution in [1.29, 1.82) is 0 Å². The molecule has 0 bridgehead atoms. The zero-order valence-corrected chi connectivity index (χ0v) is 13.6. The van der Waals surface area contributed by atoms with Crippen molar-refractivity contribution in [3.05, 3.63) is 28.5 Å². The molecule has 2 amide bonds. The fourth-order valence-electron chi connectivity index (χ4n) is 1.95. The Balaban J connectivity index is 2.56. The van der Waals surface area contributed by atoms with Gasteiger partial charge in [-0.15, -0.1) is 0 Å². The van der Waals surface area contributed by atoms with E-state index in [9.17, 15) is 22.4 Å². The lowest BCUT2D eigenvalue weighted by Gasteiger charge is -2.38. The van der Waals surface area contributed by atoms with Crippen LogP contribution in [0.1, 0.15) is 13.8 Å². The Bertz CT molecular complexity index is 733. The first-order valence-corrected chi connectivity index (χ1v) is 8.12. The number of hydrogen-bond donors (Lipinski definition) is 1. The van der Waals surface area contributed by atoms with Gasteiger partial charge in [-0.25, -0.2) is 12.8 Å². The molecule has 9 heteroatoms. The number of carbonyl (C=O) groups excluding carboxylic acids is 2. The number of piperazine rings is 1.